The van der Waals surface area contributed by atoms with E-state index in [1.165, 1.54) is 0 Å². The number of rotatable bonds is 4. The summed E-state index contributed by atoms with van der Waals surface area (Å²) in [5.41, 5.74) is 1.17. The first kappa shape index (κ1) is 13.5. The summed E-state index contributed by atoms with van der Waals surface area (Å²) < 4.78 is 21.7. The van der Waals surface area contributed by atoms with Crippen LogP contribution in [-0.2, 0) is 15.8 Å². The van der Waals surface area contributed by atoms with E-state index in [0.29, 0.717) is 17.8 Å². The number of hydrogen-bond acceptors (Lipinski definition) is 3. The molecule has 0 fully saturated rings. The highest BCUT2D eigenvalue weighted by molar-refractivity contribution is 7.88. The van der Waals surface area contributed by atoms with Crippen LogP contribution in [0.15, 0.2) is 24.3 Å². The third-order valence-corrected chi connectivity index (χ3v) is 2.65. The minimum Gasteiger partial charge on any atom is -0.338 e. The Morgan fingerprint density at radius 3 is 2.35 bits per heavy atom. The second-order valence-corrected chi connectivity index (χ2v) is 5.10. The zero-order valence-electron chi connectivity index (χ0n) is 9.43. The van der Waals surface area contributed by atoms with E-state index in [0.717, 1.165) is 0 Å². The molecule has 0 aliphatic carbocycles. The van der Waals surface area contributed by atoms with Gasteiger partial charge in [-0.15, -0.1) is 0 Å². The van der Waals surface area contributed by atoms with Crippen molar-refractivity contribution in [3.05, 3.63) is 29.8 Å². The molecule has 0 unspecified atom stereocenters. The molecule has 0 saturated carbocycles. The van der Waals surface area contributed by atoms with Crippen LogP contribution >= 0.6 is 0 Å². The summed E-state index contributed by atoms with van der Waals surface area (Å²) in [6.07, 6.45) is 0. The normalized spacial score (nSPS) is 10.9. The predicted octanol–water partition coefficient (Wildman–Crippen LogP) is 0.617. The van der Waals surface area contributed by atoms with Crippen molar-refractivity contribution >= 4 is 21.7 Å². The zero-order chi connectivity index (χ0) is 12.9. The molecule has 0 spiro atoms. The van der Waals surface area contributed by atoms with Crippen LogP contribution in [0.2, 0.25) is 0 Å². The lowest BCUT2D eigenvalue weighted by molar-refractivity contribution is 0.252. The highest BCUT2D eigenvalue weighted by Gasteiger charge is 2.05. The van der Waals surface area contributed by atoms with Crippen molar-refractivity contribution in [1.29, 1.82) is 0 Å². The van der Waals surface area contributed by atoms with Crippen LogP contribution < -0.4 is 15.8 Å². The largest absolute Gasteiger partial charge is 0.338 e. The molecule has 17 heavy (non-hydrogen) atoms. The minimum absolute atomic E-state index is 0.214. The summed E-state index contributed by atoms with van der Waals surface area (Å²) in [5, 5.41) is 10.1. The number of carbonyl (C=O) groups is 1. The quantitative estimate of drug-likeness (QED) is 0.736. The third kappa shape index (κ3) is 5.32. The molecule has 4 N–H and O–H groups in total. The summed E-state index contributed by atoms with van der Waals surface area (Å²) >= 11 is 0. The van der Waals surface area contributed by atoms with Gasteiger partial charge in [0.1, 0.15) is 0 Å². The van der Waals surface area contributed by atoms with Crippen molar-refractivity contribution in [2.45, 2.75) is 12.7 Å². The van der Waals surface area contributed by atoms with Gasteiger partial charge in [0.2, 0.25) is 10.0 Å². The summed E-state index contributed by atoms with van der Waals surface area (Å²) in [4.78, 5) is 11.2. The minimum atomic E-state index is -3.52. The fraction of sp³-hybridized carbons (Fsp3) is 0.300. The number of amides is 2. The Morgan fingerprint density at radius 1 is 1.29 bits per heavy atom. The first-order chi connectivity index (χ1) is 7.90. The van der Waals surface area contributed by atoms with E-state index in [1.54, 1.807) is 24.3 Å². The lowest BCUT2D eigenvalue weighted by Crippen LogP contribution is -2.28. The van der Waals surface area contributed by atoms with Crippen LogP contribution in [0.25, 0.3) is 0 Å². The molecule has 0 aliphatic rings. The lowest BCUT2D eigenvalue weighted by atomic mass is 10.2. The van der Waals surface area contributed by atoms with Crippen LogP contribution in [0, 0.1) is 0 Å². The summed E-state index contributed by atoms with van der Waals surface area (Å²) in [6, 6.07) is 6.15. The summed E-state index contributed by atoms with van der Waals surface area (Å²) in [5.74, 6) is -0.214. The molecule has 0 atom stereocenters. The lowest BCUT2D eigenvalue weighted by Gasteiger charge is -2.06. The molecule has 1 rings (SSSR count). The summed E-state index contributed by atoms with van der Waals surface area (Å²) in [7, 11) is -3.52. The topological polar surface area (TPSA) is 101 Å². The zero-order valence-corrected chi connectivity index (χ0v) is 10.3. The van der Waals surface area contributed by atoms with Crippen molar-refractivity contribution in [2.75, 3.05) is 11.9 Å². The van der Waals surface area contributed by atoms with Gasteiger partial charge in [-0.1, -0.05) is 12.1 Å². The number of benzene rings is 1. The Morgan fingerprint density at radius 2 is 1.88 bits per heavy atom. The molecule has 0 saturated heterocycles. The van der Waals surface area contributed by atoms with E-state index >= 15 is 0 Å². The van der Waals surface area contributed by atoms with Gasteiger partial charge in [-0.2, -0.15) is 0 Å². The Bertz CT molecular complexity index is 482. The number of primary sulfonamides is 1. The van der Waals surface area contributed by atoms with Gasteiger partial charge in [-0.3, -0.25) is 0 Å². The standard InChI is InChI=1S/C10H15N3O3S/c1-2-12-10(14)13-9-5-3-8(4-6-9)7-17(11,15)16/h3-6H,2,7H2,1H3,(H2,11,15,16)(H2,12,13,14). The number of anilines is 1. The predicted molar refractivity (Wildman–Crippen MR) is 65.9 cm³/mol. The van der Waals surface area contributed by atoms with E-state index in [-0.39, 0.29) is 11.8 Å². The molecular weight excluding hydrogens is 242 g/mol. The molecule has 6 nitrogen and oxygen atoms in total. The number of sulfonamides is 1. The molecule has 0 aromatic heterocycles. The van der Waals surface area contributed by atoms with Gasteiger partial charge in [0.15, 0.2) is 0 Å². The molecule has 94 valence electrons. The first-order valence-electron chi connectivity index (χ1n) is 5.05. The average Bonchev–Trinajstić information content (AvgIpc) is 2.19. The van der Waals surface area contributed by atoms with Crippen LogP contribution in [0.5, 0.6) is 0 Å². The van der Waals surface area contributed by atoms with Crippen LogP contribution in [0.3, 0.4) is 0 Å². The molecule has 0 aliphatic heterocycles. The smallest absolute Gasteiger partial charge is 0.319 e. The van der Waals surface area contributed by atoms with Crippen LogP contribution in [-0.4, -0.2) is 21.0 Å². The van der Waals surface area contributed by atoms with Gasteiger partial charge in [0, 0.05) is 12.2 Å². The maximum atomic E-state index is 11.2. The Labute approximate surface area is 100 Å². The number of carbonyl (C=O) groups excluding carboxylic acids is 1. The average molecular weight is 257 g/mol. The molecule has 0 heterocycles. The maximum Gasteiger partial charge on any atom is 0.319 e. The van der Waals surface area contributed by atoms with Crippen molar-refractivity contribution < 1.29 is 13.2 Å². The van der Waals surface area contributed by atoms with Gasteiger partial charge in [0.05, 0.1) is 5.75 Å². The van der Waals surface area contributed by atoms with Gasteiger partial charge < -0.3 is 10.6 Å². The van der Waals surface area contributed by atoms with Crippen molar-refractivity contribution in [1.82, 2.24) is 5.32 Å². The Kier molecular flexibility index (Phi) is 4.47. The Balaban J connectivity index is 2.65. The highest BCUT2D eigenvalue weighted by atomic mass is 32.2. The van der Waals surface area contributed by atoms with E-state index in [1.807, 2.05) is 6.92 Å². The fourth-order valence-electron chi connectivity index (χ4n) is 1.25. The third-order valence-electron chi connectivity index (χ3n) is 1.92. The summed E-state index contributed by atoms with van der Waals surface area (Å²) in [6.45, 7) is 2.35. The molecular formula is C10H15N3O3S. The number of hydrogen-bond donors (Lipinski definition) is 3. The Hall–Kier alpha value is -1.60. The van der Waals surface area contributed by atoms with Crippen molar-refractivity contribution in [3.8, 4) is 0 Å². The number of nitrogens with two attached hydrogens (primary N) is 1. The van der Waals surface area contributed by atoms with Crippen molar-refractivity contribution in [2.24, 2.45) is 5.14 Å². The van der Waals surface area contributed by atoms with Gasteiger partial charge in [-0.25, -0.2) is 18.4 Å². The maximum absolute atomic E-state index is 11.2. The van der Waals surface area contributed by atoms with E-state index in [9.17, 15) is 13.2 Å². The second kappa shape index (κ2) is 5.65. The number of nitrogens with one attached hydrogen (secondary N) is 2. The van der Waals surface area contributed by atoms with Gasteiger partial charge in [0.25, 0.3) is 0 Å². The monoisotopic (exact) mass is 257 g/mol. The number of urea groups is 1. The van der Waals surface area contributed by atoms with E-state index in [2.05, 4.69) is 10.6 Å². The highest BCUT2D eigenvalue weighted by Crippen LogP contribution is 2.10. The fourth-order valence-corrected chi connectivity index (χ4v) is 1.91. The van der Waals surface area contributed by atoms with Crippen molar-refractivity contribution in [3.63, 3.8) is 0 Å². The van der Waals surface area contributed by atoms with E-state index < -0.39 is 10.0 Å². The molecule has 7 heteroatoms. The second-order valence-electron chi connectivity index (χ2n) is 3.49. The van der Waals surface area contributed by atoms with Crippen LogP contribution in [0.1, 0.15) is 12.5 Å². The van der Waals surface area contributed by atoms with Crippen LogP contribution in [0.4, 0.5) is 10.5 Å². The molecule has 1 aromatic rings. The SMILES string of the molecule is CCNC(=O)Nc1ccc(CS(N)(=O)=O)cc1. The molecule has 1 aromatic carbocycles. The molecule has 0 radical (unpaired) electrons. The van der Waals surface area contributed by atoms with Gasteiger partial charge in [-0.05, 0) is 24.6 Å². The molecule has 2 amide bonds. The molecule has 0 bridgehead atoms. The van der Waals surface area contributed by atoms with Gasteiger partial charge >= 0.3 is 6.03 Å². The first-order valence-corrected chi connectivity index (χ1v) is 6.76. The van der Waals surface area contributed by atoms with E-state index in [4.69, 9.17) is 5.14 Å².